The highest BCUT2D eigenvalue weighted by molar-refractivity contribution is 5.95. The van der Waals surface area contributed by atoms with Crippen molar-refractivity contribution in [3.05, 3.63) is 65.7 Å². The molecular formula is C21H25NO2. The molecule has 0 aromatic heterocycles. The number of nitrogens with one attached hydrogen (secondary N) is 1. The molecule has 1 aliphatic carbocycles. The molecule has 3 heteroatoms. The molecule has 0 bridgehead atoms. The van der Waals surface area contributed by atoms with Gasteiger partial charge in [0.1, 0.15) is 12.4 Å². The highest BCUT2D eigenvalue weighted by atomic mass is 16.5. The average Bonchev–Trinajstić information content (AvgIpc) is 2.63. The van der Waals surface area contributed by atoms with Crippen LogP contribution in [0.5, 0.6) is 5.75 Å². The lowest BCUT2D eigenvalue weighted by Crippen LogP contribution is -2.41. The monoisotopic (exact) mass is 323 g/mol. The van der Waals surface area contributed by atoms with E-state index in [9.17, 15) is 4.79 Å². The van der Waals surface area contributed by atoms with Gasteiger partial charge in [-0.15, -0.1) is 0 Å². The Morgan fingerprint density at radius 3 is 2.54 bits per heavy atom. The molecule has 1 N–H and O–H groups in total. The second-order valence-electron chi connectivity index (χ2n) is 6.60. The fourth-order valence-electron chi connectivity index (χ4n) is 3.32. The predicted octanol–water partition coefficient (Wildman–Crippen LogP) is 4.57. The Balaban J connectivity index is 1.67. The summed E-state index contributed by atoms with van der Waals surface area (Å²) < 4.78 is 5.81. The molecule has 1 aliphatic rings. The van der Waals surface area contributed by atoms with Crippen molar-refractivity contribution in [2.24, 2.45) is 5.92 Å². The van der Waals surface area contributed by atoms with Gasteiger partial charge in [-0.2, -0.15) is 0 Å². The van der Waals surface area contributed by atoms with Crippen LogP contribution in [0, 0.1) is 5.92 Å². The van der Waals surface area contributed by atoms with Crippen molar-refractivity contribution >= 4 is 5.91 Å². The van der Waals surface area contributed by atoms with Crippen LogP contribution in [-0.4, -0.2) is 11.9 Å². The molecule has 0 spiro atoms. The summed E-state index contributed by atoms with van der Waals surface area (Å²) in [5, 5.41) is 3.23. The molecular weight excluding hydrogens is 298 g/mol. The highest BCUT2D eigenvalue weighted by Gasteiger charge is 2.24. The third-order valence-corrected chi connectivity index (χ3v) is 4.83. The Labute approximate surface area is 144 Å². The summed E-state index contributed by atoms with van der Waals surface area (Å²) in [4.78, 5) is 12.7. The summed E-state index contributed by atoms with van der Waals surface area (Å²) in [6, 6.07) is 17.7. The fraction of sp³-hybridized carbons (Fsp3) is 0.381. The van der Waals surface area contributed by atoms with Crippen LogP contribution in [0.3, 0.4) is 0 Å². The lowest BCUT2D eigenvalue weighted by Gasteiger charge is -2.29. The largest absolute Gasteiger partial charge is 0.489 e. The van der Waals surface area contributed by atoms with E-state index in [-0.39, 0.29) is 11.9 Å². The maximum atomic E-state index is 12.7. The first-order valence-electron chi connectivity index (χ1n) is 8.80. The number of hydrogen-bond acceptors (Lipinski definition) is 2. The summed E-state index contributed by atoms with van der Waals surface area (Å²) in [6.07, 6.45) is 4.75. The highest BCUT2D eigenvalue weighted by Crippen LogP contribution is 2.24. The minimum absolute atomic E-state index is 0.0148. The van der Waals surface area contributed by atoms with Gasteiger partial charge in [0.15, 0.2) is 0 Å². The summed E-state index contributed by atoms with van der Waals surface area (Å²) in [6.45, 7) is 2.63. The zero-order valence-corrected chi connectivity index (χ0v) is 14.2. The molecule has 1 saturated carbocycles. The minimum Gasteiger partial charge on any atom is -0.489 e. The average molecular weight is 323 g/mol. The SMILES string of the molecule is CC1CCCCC1NC(=O)c1ccccc1COc1ccccc1. The molecule has 0 saturated heterocycles. The van der Waals surface area contributed by atoms with E-state index in [2.05, 4.69) is 12.2 Å². The number of benzene rings is 2. The number of amides is 1. The summed E-state index contributed by atoms with van der Waals surface area (Å²) in [5.74, 6) is 1.38. The lowest BCUT2D eigenvalue weighted by atomic mass is 9.86. The van der Waals surface area contributed by atoms with Gasteiger partial charge in [0.25, 0.3) is 5.91 Å². The molecule has 126 valence electrons. The van der Waals surface area contributed by atoms with Crippen LogP contribution in [-0.2, 0) is 6.61 Å². The van der Waals surface area contributed by atoms with Crippen LogP contribution in [0.25, 0.3) is 0 Å². The molecule has 3 rings (SSSR count). The Bertz CT molecular complexity index is 669. The van der Waals surface area contributed by atoms with Gasteiger partial charge in [0, 0.05) is 17.2 Å². The maximum Gasteiger partial charge on any atom is 0.251 e. The van der Waals surface area contributed by atoms with Gasteiger partial charge >= 0.3 is 0 Å². The molecule has 0 heterocycles. The number of carbonyl (C=O) groups is 1. The van der Waals surface area contributed by atoms with Crippen LogP contribution in [0.4, 0.5) is 0 Å². The predicted molar refractivity (Wildman–Crippen MR) is 96.1 cm³/mol. The van der Waals surface area contributed by atoms with E-state index in [0.29, 0.717) is 18.1 Å². The summed E-state index contributed by atoms with van der Waals surface area (Å²) in [5.41, 5.74) is 1.63. The fourth-order valence-corrected chi connectivity index (χ4v) is 3.32. The van der Waals surface area contributed by atoms with Crippen LogP contribution in [0.2, 0.25) is 0 Å². The van der Waals surface area contributed by atoms with E-state index in [4.69, 9.17) is 4.74 Å². The van der Waals surface area contributed by atoms with Crippen molar-refractivity contribution in [2.45, 2.75) is 45.3 Å². The number of para-hydroxylation sites is 1. The number of rotatable bonds is 5. The molecule has 1 fully saturated rings. The van der Waals surface area contributed by atoms with Crippen molar-refractivity contribution in [3.8, 4) is 5.75 Å². The van der Waals surface area contributed by atoms with Gasteiger partial charge in [-0.05, 0) is 37.0 Å². The molecule has 3 nitrogen and oxygen atoms in total. The first-order valence-corrected chi connectivity index (χ1v) is 8.80. The number of carbonyl (C=O) groups excluding carboxylic acids is 1. The molecule has 2 unspecified atom stereocenters. The first kappa shape index (κ1) is 16.6. The van der Waals surface area contributed by atoms with E-state index in [1.807, 2.05) is 54.6 Å². The molecule has 2 aromatic carbocycles. The summed E-state index contributed by atoms with van der Waals surface area (Å²) >= 11 is 0. The minimum atomic E-state index is 0.0148. The number of hydrogen-bond donors (Lipinski definition) is 1. The van der Waals surface area contributed by atoms with Gasteiger partial charge in [0.05, 0.1) is 0 Å². The zero-order chi connectivity index (χ0) is 16.8. The van der Waals surface area contributed by atoms with E-state index in [1.54, 1.807) is 0 Å². The van der Waals surface area contributed by atoms with Crippen molar-refractivity contribution in [2.75, 3.05) is 0 Å². The van der Waals surface area contributed by atoms with Crippen molar-refractivity contribution < 1.29 is 9.53 Å². The van der Waals surface area contributed by atoms with Crippen molar-refractivity contribution in [1.29, 1.82) is 0 Å². The Hall–Kier alpha value is -2.29. The quantitative estimate of drug-likeness (QED) is 0.875. The van der Waals surface area contributed by atoms with Crippen LogP contribution in [0.15, 0.2) is 54.6 Å². The van der Waals surface area contributed by atoms with Gasteiger partial charge in [-0.25, -0.2) is 0 Å². The van der Waals surface area contributed by atoms with E-state index in [1.165, 1.54) is 19.3 Å². The number of ether oxygens (including phenoxy) is 1. The second-order valence-corrected chi connectivity index (χ2v) is 6.60. The molecule has 0 aliphatic heterocycles. The molecule has 1 amide bonds. The van der Waals surface area contributed by atoms with Gasteiger partial charge in [0.2, 0.25) is 0 Å². The first-order chi connectivity index (χ1) is 11.7. The molecule has 2 aromatic rings. The standard InChI is InChI=1S/C21H25NO2/c1-16-9-5-8-14-20(16)22-21(23)19-13-7-6-10-17(19)15-24-18-11-3-2-4-12-18/h2-4,6-7,10-13,16,20H,5,8-9,14-15H2,1H3,(H,22,23). The third-order valence-electron chi connectivity index (χ3n) is 4.83. The van der Waals surface area contributed by atoms with E-state index >= 15 is 0 Å². The van der Waals surface area contributed by atoms with Crippen LogP contribution in [0.1, 0.15) is 48.5 Å². The maximum absolute atomic E-state index is 12.7. The smallest absolute Gasteiger partial charge is 0.251 e. The third kappa shape index (κ3) is 4.16. The zero-order valence-electron chi connectivity index (χ0n) is 14.2. The molecule has 24 heavy (non-hydrogen) atoms. The van der Waals surface area contributed by atoms with Crippen LogP contribution < -0.4 is 10.1 Å². The Kier molecular flexibility index (Phi) is 5.52. The summed E-state index contributed by atoms with van der Waals surface area (Å²) in [7, 11) is 0. The molecule has 0 radical (unpaired) electrons. The van der Waals surface area contributed by atoms with Crippen molar-refractivity contribution in [3.63, 3.8) is 0 Å². The van der Waals surface area contributed by atoms with Gasteiger partial charge < -0.3 is 10.1 Å². The Morgan fingerprint density at radius 1 is 1.04 bits per heavy atom. The topological polar surface area (TPSA) is 38.3 Å². The lowest BCUT2D eigenvalue weighted by molar-refractivity contribution is 0.0907. The van der Waals surface area contributed by atoms with Gasteiger partial charge in [-0.1, -0.05) is 56.2 Å². The van der Waals surface area contributed by atoms with Gasteiger partial charge in [-0.3, -0.25) is 4.79 Å². The van der Waals surface area contributed by atoms with Crippen LogP contribution >= 0.6 is 0 Å². The van der Waals surface area contributed by atoms with E-state index < -0.39 is 0 Å². The van der Waals surface area contributed by atoms with Crippen molar-refractivity contribution in [1.82, 2.24) is 5.32 Å². The normalized spacial score (nSPS) is 20.4. The van der Waals surface area contributed by atoms with E-state index in [0.717, 1.165) is 17.7 Å². The Morgan fingerprint density at radius 2 is 1.75 bits per heavy atom. The molecule has 2 atom stereocenters. The second kappa shape index (κ2) is 8.00.